The molecule has 0 saturated carbocycles. The molecule has 0 aliphatic heterocycles. The molecule has 1 nitrogen and oxygen atoms in total. The number of rotatable bonds is 6. The van der Waals surface area contributed by atoms with Crippen LogP contribution >= 0.6 is 0 Å². The molecule has 0 saturated heterocycles. The average molecular weight is 284 g/mol. The summed E-state index contributed by atoms with van der Waals surface area (Å²) in [5, 5.41) is 0. The van der Waals surface area contributed by atoms with Crippen molar-refractivity contribution in [2.75, 3.05) is 13.3 Å². The second kappa shape index (κ2) is 6.08. The summed E-state index contributed by atoms with van der Waals surface area (Å²) in [6, 6.07) is 0. The first kappa shape index (κ1) is 17.5. The Balaban J connectivity index is 4.68. The largest absolute Gasteiger partial charge is 0.397 e. The summed E-state index contributed by atoms with van der Waals surface area (Å²) in [7, 11) is 0. The van der Waals surface area contributed by atoms with Gasteiger partial charge in [-0.2, -0.15) is 26.3 Å². The van der Waals surface area contributed by atoms with E-state index in [1.54, 1.807) is 0 Å². The van der Waals surface area contributed by atoms with E-state index < -0.39 is 43.6 Å². The summed E-state index contributed by atoms with van der Waals surface area (Å²) >= 11 is 0. The van der Waals surface area contributed by atoms with E-state index in [1.807, 2.05) is 0 Å². The Kier molecular flexibility index (Phi) is 5.90. The van der Waals surface area contributed by atoms with Crippen LogP contribution in [0.4, 0.5) is 30.7 Å². The van der Waals surface area contributed by atoms with Crippen LogP contribution in [0.25, 0.3) is 0 Å². The standard InChI is InChI=1S/C10H15F7O/c1-3-8(2,7(6-11)10(15,16)17)18-5-4-9(12,13)14/h7H,3-6H2,1-2H3. The highest BCUT2D eigenvalue weighted by molar-refractivity contribution is 4.87. The third kappa shape index (κ3) is 5.41. The fraction of sp³-hybridized carbons (Fsp3) is 1.00. The van der Waals surface area contributed by atoms with Gasteiger partial charge in [-0.25, -0.2) is 0 Å². The molecule has 0 aliphatic carbocycles. The number of hydrogen-bond donors (Lipinski definition) is 0. The van der Waals surface area contributed by atoms with E-state index in [1.165, 1.54) is 6.92 Å². The molecule has 0 aromatic carbocycles. The Bertz CT molecular complexity index is 248. The van der Waals surface area contributed by atoms with E-state index in [2.05, 4.69) is 4.74 Å². The van der Waals surface area contributed by atoms with Crippen LogP contribution in [-0.4, -0.2) is 31.2 Å². The Morgan fingerprint density at radius 1 is 1.06 bits per heavy atom. The summed E-state index contributed by atoms with van der Waals surface area (Å²) in [5.74, 6) is -2.43. The normalized spacial score (nSPS) is 18.5. The van der Waals surface area contributed by atoms with Gasteiger partial charge in [-0.3, -0.25) is 4.39 Å². The first-order chi connectivity index (χ1) is 7.96. The molecule has 0 aromatic rings. The second-order valence-electron chi connectivity index (χ2n) is 4.13. The fourth-order valence-corrected chi connectivity index (χ4v) is 1.45. The molecule has 0 aliphatic rings. The molecule has 0 N–H and O–H groups in total. The first-order valence-electron chi connectivity index (χ1n) is 5.29. The van der Waals surface area contributed by atoms with E-state index in [0.29, 0.717) is 0 Å². The first-order valence-corrected chi connectivity index (χ1v) is 5.29. The lowest BCUT2D eigenvalue weighted by atomic mass is 9.87. The zero-order chi connectivity index (χ0) is 14.6. The number of alkyl halides is 7. The number of hydrogen-bond acceptors (Lipinski definition) is 1. The molecule has 110 valence electrons. The van der Waals surface area contributed by atoms with Crippen molar-refractivity contribution in [3.8, 4) is 0 Å². The lowest BCUT2D eigenvalue weighted by Crippen LogP contribution is -2.47. The van der Waals surface area contributed by atoms with Crippen molar-refractivity contribution in [3.63, 3.8) is 0 Å². The van der Waals surface area contributed by atoms with E-state index in [9.17, 15) is 30.7 Å². The van der Waals surface area contributed by atoms with Gasteiger partial charge in [-0.1, -0.05) is 6.92 Å². The van der Waals surface area contributed by atoms with Crippen LogP contribution in [0.3, 0.4) is 0 Å². The predicted octanol–water partition coefficient (Wildman–Crippen LogP) is 4.27. The summed E-state index contributed by atoms with van der Waals surface area (Å²) in [4.78, 5) is 0. The highest BCUT2D eigenvalue weighted by Crippen LogP contribution is 2.39. The van der Waals surface area contributed by atoms with Crippen LogP contribution in [0.5, 0.6) is 0 Å². The van der Waals surface area contributed by atoms with E-state index in [4.69, 9.17) is 0 Å². The maximum Gasteiger partial charge on any atom is 0.397 e. The van der Waals surface area contributed by atoms with Crippen LogP contribution in [-0.2, 0) is 4.74 Å². The van der Waals surface area contributed by atoms with E-state index >= 15 is 0 Å². The fourth-order valence-electron chi connectivity index (χ4n) is 1.45. The van der Waals surface area contributed by atoms with Gasteiger partial charge in [0.1, 0.15) is 12.6 Å². The topological polar surface area (TPSA) is 9.23 Å². The van der Waals surface area contributed by atoms with Crippen molar-refractivity contribution >= 4 is 0 Å². The van der Waals surface area contributed by atoms with Crippen molar-refractivity contribution in [3.05, 3.63) is 0 Å². The number of halogens is 7. The van der Waals surface area contributed by atoms with Gasteiger partial charge in [0, 0.05) is 0 Å². The van der Waals surface area contributed by atoms with Crippen molar-refractivity contribution in [2.45, 2.75) is 44.6 Å². The minimum absolute atomic E-state index is 0.237. The molecule has 2 unspecified atom stereocenters. The summed E-state index contributed by atoms with van der Waals surface area (Å²) in [6.07, 6.45) is -11.0. The molecule has 0 fully saturated rings. The van der Waals surface area contributed by atoms with Gasteiger partial charge in [0.15, 0.2) is 0 Å². The molecule has 0 spiro atoms. The van der Waals surface area contributed by atoms with Gasteiger partial charge in [0.05, 0.1) is 18.6 Å². The SMILES string of the molecule is CCC(C)(OCCC(F)(F)F)C(CF)C(F)(F)F. The summed E-state index contributed by atoms with van der Waals surface area (Å²) in [5.41, 5.74) is -1.99. The lowest BCUT2D eigenvalue weighted by molar-refractivity contribution is -0.244. The van der Waals surface area contributed by atoms with Gasteiger partial charge in [0.25, 0.3) is 0 Å². The number of ether oxygens (including phenoxy) is 1. The molecule has 0 radical (unpaired) electrons. The molecule has 0 rings (SSSR count). The van der Waals surface area contributed by atoms with E-state index in [0.717, 1.165) is 6.92 Å². The van der Waals surface area contributed by atoms with Gasteiger partial charge in [-0.15, -0.1) is 0 Å². The molecule has 0 amide bonds. The van der Waals surface area contributed by atoms with Gasteiger partial charge in [0.2, 0.25) is 0 Å². The molecule has 2 atom stereocenters. The van der Waals surface area contributed by atoms with Crippen LogP contribution < -0.4 is 0 Å². The van der Waals surface area contributed by atoms with Gasteiger partial charge < -0.3 is 4.74 Å². The Labute approximate surface area is 100 Å². The molecule has 0 heterocycles. The van der Waals surface area contributed by atoms with Gasteiger partial charge in [-0.05, 0) is 13.3 Å². The molecule has 0 aromatic heterocycles. The predicted molar refractivity (Wildman–Crippen MR) is 50.8 cm³/mol. The third-order valence-corrected chi connectivity index (χ3v) is 2.81. The van der Waals surface area contributed by atoms with Crippen LogP contribution in [0.1, 0.15) is 26.7 Å². The molecular weight excluding hydrogens is 269 g/mol. The van der Waals surface area contributed by atoms with Crippen LogP contribution in [0.2, 0.25) is 0 Å². The van der Waals surface area contributed by atoms with Crippen molar-refractivity contribution in [2.24, 2.45) is 5.92 Å². The molecule has 18 heavy (non-hydrogen) atoms. The van der Waals surface area contributed by atoms with Crippen molar-refractivity contribution in [1.29, 1.82) is 0 Å². The summed E-state index contributed by atoms with van der Waals surface area (Å²) in [6.45, 7) is -0.358. The average Bonchev–Trinajstić information content (AvgIpc) is 2.14. The zero-order valence-corrected chi connectivity index (χ0v) is 9.96. The second-order valence-corrected chi connectivity index (χ2v) is 4.13. The third-order valence-electron chi connectivity index (χ3n) is 2.81. The van der Waals surface area contributed by atoms with Crippen molar-refractivity contribution in [1.82, 2.24) is 0 Å². The Morgan fingerprint density at radius 3 is 1.83 bits per heavy atom. The van der Waals surface area contributed by atoms with Crippen molar-refractivity contribution < 1.29 is 35.5 Å². The van der Waals surface area contributed by atoms with Crippen LogP contribution in [0, 0.1) is 5.92 Å². The minimum Gasteiger partial charge on any atom is -0.374 e. The summed E-state index contributed by atoms with van der Waals surface area (Å²) < 4.78 is 90.3. The maximum atomic E-state index is 12.5. The molecule has 8 heteroatoms. The van der Waals surface area contributed by atoms with Gasteiger partial charge >= 0.3 is 12.4 Å². The smallest absolute Gasteiger partial charge is 0.374 e. The lowest BCUT2D eigenvalue weighted by Gasteiger charge is -2.36. The maximum absolute atomic E-state index is 12.5. The minimum atomic E-state index is -4.85. The highest BCUT2D eigenvalue weighted by Gasteiger charge is 2.51. The van der Waals surface area contributed by atoms with E-state index in [-0.39, 0.29) is 6.42 Å². The highest BCUT2D eigenvalue weighted by atomic mass is 19.4. The molecular formula is C10H15F7O. The molecule has 0 bridgehead atoms. The van der Waals surface area contributed by atoms with Crippen LogP contribution in [0.15, 0.2) is 0 Å². The zero-order valence-electron chi connectivity index (χ0n) is 9.96. The Morgan fingerprint density at radius 2 is 1.56 bits per heavy atom. The quantitative estimate of drug-likeness (QED) is 0.662. The Hall–Kier alpha value is -0.530. The monoisotopic (exact) mass is 284 g/mol.